The Bertz CT molecular complexity index is 8.04. The second-order valence-corrected chi connectivity index (χ2v) is 0. The zero-order valence-electron chi connectivity index (χ0n) is 3.63. The minimum atomic E-state index is 0. The van der Waals surface area contributed by atoms with Gasteiger partial charge < -0.3 is 5.48 Å². The van der Waals surface area contributed by atoms with Crippen LogP contribution in [0.3, 0.4) is 0 Å². The van der Waals surface area contributed by atoms with Crippen molar-refractivity contribution in [1.29, 1.82) is 0 Å². The molecule has 0 rings (SSSR count). The highest BCUT2D eigenvalue weighted by Gasteiger charge is 0.746. The van der Waals surface area contributed by atoms with Crippen molar-refractivity contribution in [3.8, 4) is 0 Å². The highest BCUT2D eigenvalue weighted by Crippen LogP contribution is 0.862. The first-order valence-corrected chi connectivity index (χ1v) is 0.867. The molecule has 0 saturated carbocycles. The quantitative estimate of drug-likeness (QED) is 0.262. The predicted molar refractivity (Wildman–Crippen MR) is 26.9 cm³/mol. The van der Waals surface area contributed by atoms with Gasteiger partial charge in [-0.3, -0.25) is 10.5 Å². The first-order valence-electron chi connectivity index (χ1n) is 0.867. The summed E-state index contributed by atoms with van der Waals surface area (Å²) in [6, 6.07) is 0. The van der Waals surface area contributed by atoms with Gasteiger partial charge in [0.25, 0.3) is 0 Å². The van der Waals surface area contributed by atoms with Gasteiger partial charge in [0.1, 0.15) is 0 Å². The molecule has 0 bridgehead atoms. The van der Waals surface area contributed by atoms with Crippen molar-refractivity contribution in [2.24, 2.45) is 0 Å². The van der Waals surface area contributed by atoms with E-state index in [0.717, 1.165) is 0 Å². The molecule has 0 aliphatic rings. The molecule has 5 heteroatoms. The largest absolute Gasteiger partial charge is 0.412 e. The standard InChI is InChI=1S/C2H4.H2O2.O2.H2O/c3*1-2;/h1-2H2;1-2H;;1H2. The number of hydrogen-bond acceptors (Lipinski definition) is 4. The fourth-order valence-electron chi connectivity index (χ4n) is 0. The summed E-state index contributed by atoms with van der Waals surface area (Å²) in [6.07, 6.45) is 0. The van der Waals surface area contributed by atoms with E-state index in [1.165, 1.54) is 0 Å². The molecule has 4 N–H and O–H groups in total. The topological polar surface area (TPSA) is 106 Å². The van der Waals surface area contributed by atoms with Crippen molar-refractivity contribution >= 4 is 0 Å². The molecule has 0 amide bonds. The van der Waals surface area contributed by atoms with Crippen LogP contribution in [-0.4, -0.2) is 16.0 Å². The van der Waals surface area contributed by atoms with E-state index in [-0.39, 0.29) is 5.48 Å². The van der Waals surface area contributed by atoms with Crippen LogP contribution >= 0.6 is 0 Å². The van der Waals surface area contributed by atoms with Crippen LogP contribution in [0.15, 0.2) is 13.2 Å². The molecule has 0 aliphatic carbocycles. The van der Waals surface area contributed by atoms with Crippen LogP contribution in [0.5, 0.6) is 0 Å². The molecule has 0 atom stereocenters. The summed E-state index contributed by atoms with van der Waals surface area (Å²) < 4.78 is 0. The van der Waals surface area contributed by atoms with E-state index >= 15 is 0 Å². The van der Waals surface area contributed by atoms with Crippen LogP contribution in [0, 0.1) is 9.93 Å². The smallest absolute Gasteiger partial charge is 0 e. The third-order valence-corrected chi connectivity index (χ3v) is 0. The summed E-state index contributed by atoms with van der Waals surface area (Å²) in [5, 5.41) is 12.0. The molecule has 0 spiro atoms. The maximum absolute atomic E-state index is 7.00. The van der Waals surface area contributed by atoms with E-state index in [0.29, 0.717) is 0 Å². The van der Waals surface area contributed by atoms with Crippen LogP contribution in [-0.2, 0) is 0 Å². The minimum absolute atomic E-state index is 0. The van der Waals surface area contributed by atoms with Crippen LogP contribution in [0.4, 0.5) is 0 Å². The fraction of sp³-hybridized carbons (Fsp3) is 0. The number of hydrogen-bond donors (Lipinski definition) is 2. The van der Waals surface area contributed by atoms with Gasteiger partial charge >= 0.3 is 0 Å². The van der Waals surface area contributed by atoms with Crippen LogP contribution < -0.4 is 0 Å². The zero-order chi connectivity index (χ0) is 6.00. The Morgan fingerprint density at radius 3 is 1.00 bits per heavy atom. The van der Waals surface area contributed by atoms with E-state index < -0.39 is 0 Å². The molecule has 0 aromatic heterocycles. The summed E-state index contributed by atoms with van der Waals surface area (Å²) >= 11 is 0. The maximum atomic E-state index is 7.00. The molecule has 0 radical (unpaired) electrons. The Hall–Kier alpha value is -0.780. The second kappa shape index (κ2) is 153. The minimum Gasteiger partial charge on any atom is -0.412 e. The second-order valence-electron chi connectivity index (χ2n) is 0. The van der Waals surface area contributed by atoms with Crippen molar-refractivity contribution in [2.75, 3.05) is 0 Å². The van der Waals surface area contributed by atoms with Gasteiger partial charge in [0.05, 0.1) is 0 Å². The van der Waals surface area contributed by atoms with Crippen molar-refractivity contribution in [3.63, 3.8) is 0 Å². The molecule has 46 valence electrons. The molecule has 5 nitrogen and oxygen atoms in total. The van der Waals surface area contributed by atoms with Gasteiger partial charge in [0, 0.05) is 9.93 Å². The van der Waals surface area contributed by atoms with Gasteiger partial charge in [0.15, 0.2) is 0 Å². The highest BCUT2D eigenvalue weighted by atomic mass is 17.0. The summed E-state index contributed by atoms with van der Waals surface area (Å²) in [6.45, 7) is 6.00. The lowest BCUT2D eigenvalue weighted by molar-refractivity contribution is -0.176. The van der Waals surface area contributed by atoms with E-state index in [4.69, 9.17) is 20.4 Å². The van der Waals surface area contributed by atoms with Gasteiger partial charge in [-0.25, -0.2) is 0 Å². The van der Waals surface area contributed by atoms with Gasteiger partial charge in [-0.15, -0.1) is 13.2 Å². The van der Waals surface area contributed by atoms with Crippen LogP contribution in [0.25, 0.3) is 0 Å². The monoisotopic (exact) mass is 112 g/mol. The van der Waals surface area contributed by atoms with Crippen molar-refractivity contribution in [3.05, 3.63) is 23.1 Å². The maximum Gasteiger partial charge on any atom is 0 e. The lowest BCUT2D eigenvalue weighted by Crippen LogP contribution is -1.29. The lowest BCUT2D eigenvalue weighted by Gasteiger charge is -1.25. The van der Waals surface area contributed by atoms with Crippen LogP contribution in [0.1, 0.15) is 0 Å². The third kappa shape index (κ3) is 89.0. The normalized spacial score (nSPS) is 2.00. The van der Waals surface area contributed by atoms with E-state index in [1.54, 1.807) is 0 Å². The molecule has 7 heavy (non-hydrogen) atoms. The predicted octanol–water partition coefficient (Wildman–Crippen LogP) is 0.0619. The lowest BCUT2D eigenvalue weighted by atomic mass is 11.3. The molecule has 0 aromatic carbocycles. The van der Waals surface area contributed by atoms with E-state index in [1.807, 2.05) is 0 Å². The molecule has 0 saturated heterocycles. The van der Waals surface area contributed by atoms with E-state index in [2.05, 4.69) is 13.2 Å². The van der Waals surface area contributed by atoms with Gasteiger partial charge in [-0.2, -0.15) is 0 Å². The molecular formula is C2H8O5. The molecule has 0 aliphatic heterocycles. The summed E-state index contributed by atoms with van der Waals surface area (Å²) in [5.74, 6) is 0. The zero-order valence-corrected chi connectivity index (χ0v) is 3.63. The Labute approximate surface area is 40.4 Å². The molecule has 0 aromatic rings. The highest BCUT2D eigenvalue weighted by molar-refractivity contribution is 4.22. The summed E-state index contributed by atoms with van der Waals surface area (Å²) in [4.78, 5) is 14.0. The average Bonchev–Trinajstić information content (AvgIpc) is 1.81. The third-order valence-electron chi connectivity index (χ3n) is 0. The fourth-order valence-corrected chi connectivity index (χ4v) is 0. The molecular weight excluding hydrogens is 104 g/mol. The van der Waals surface area contributed by atoms with Gasteiger partial charge in [-0.1, -0.05) is 0 Å². The van der Waals surface area contributed by atoms with Crippen molar-refractivity contribution in [2.45, 2.75) is 0 Å². The van der Waals surface area contributed by atoms with Crippen molar-refractivity contribution < 1.29 is 16.0 Å². The Kier molecular flexibility index (Phi) is 751. The molecule has 0 fully saturated rings. The van der Waals surface area contributed by atoms with Crippen molar-refractivity contribution in [1.82, 2.24) is 0 Å². The first-order chi connectivity index (χ1) is 3.00. The SMILES string of the molecule is C=C.O.O=O.OO. The summed E-state index contributed by atoms with van der Waals surface area (Å²) in [5.41, 5.74) is 0. The average molecular weight is 112 g/mol. The number of rotatable bonds is 0. The Morgan fingerprint density at radius 2 is 1.00 bits per heavy atom. The summed E-state index contributed by atoms with van der Waals surface area (Å²) in [7, 11) is 0. The van der Waals surface area contributed by atoms with Crippen LogP contribution in [0.2, 0.25) is 0 Å². The molecule has 0 unspecified atom stereocenters. The molecule has 0 heterocycles. The van der Waals surface area contributed by atoms with Gasteiger partial charge in [-0.05, 0) is 0 Å². The van der Waals surface area contributed by atoms with E-state index in [9.17, 15) is 0 Å². The first kappa shape index (κ1) is 34.4. The Balaban J connectivity index is -0.00000000900. The Morgan fingerprint density at radius 1 is 1.00 bits per heavy atom. The van der Waals surface area contributed by atoms with Gasteiger partial charge in [0.2, 0.25) is 0 Å².